The number of carbonyl (C=O) groups excluding carboxylic acids is 1. The predicted octanol–water partition coefficient (Wildman–Crippen LogP) is 1.89. The van der Waals surface area contributed by atoms with E-state index in [1.54, 1.807) is 18.7 Å². The summed E-state index contributed by atoms with van der Waals surface area (Å²) in [6.07, 6.45) is 2.47. The van der Waals surface area contributed by atoms with Gasteiger partial charge in [-0.05, 0) is 20.3 Å². The molecule has 0 amide bonds. The van der Waals surface area contributed by atoms with Crippen LogP contribution in [0.25, 0.3) is 0 Å². The summed E-state index contributed by atoms with van der Waals surface area (Å²) in [5.41, 5.74) is 1.94. The van der Waals surface area contributed by atoms with E-state index >= 15 is 0 Å². The Morgan fingerprint density at radius 1 is 1.67 bits per heavy atom. The number of ether oxygens (including phenoxy) is 1. The summed E-state index contributed by atoms with van der Waals surface area (Å²) in [6, 6.07) is 0.141. The molecule has 1 N–H and O–H groups in total. The standard InChI is InChI=1S/C11H18N2O3S2/c1-4-16-11(14)9-10(17-7-12-9)13-8(2)5-6-18(3)15/h7-8,13H,4-6H2,1-3H3. The van der Waals surface area contributed by atoms with Crippen LogP contribution in [0.15, 0.2) is 5.51 Å². The average molecular weight is 290 g/mol. The van der Waals surface area contributed by atoms with E-state index in [4.69, 9.17) is 4.74 Å². The first-order chi connectivity index (χ1) is 8.54. The molecule has 1 aromatic heterocycles. The van der Waals surface area contributed by atoms with Crippen molar-refractivity contribution < 1.29 is 13.7 Å². The summed E-state index contributed by atoms with van der Waals surface area (Å²) in [5, 5.41) is 3.92. The first kappa shape index (κ1) is 15.1. The maximum absolute atomic E-state index is 11.6. The van der Waals surface area contributed by atoms with Crippen LogP contribution in [0.1, 0.15) is 30.8 Å². The molecular formula is C11H18N2O3S2. The number of aromatic nitrogens is 1. The molecule has 1 heterocycles. The van der Waals surface area contributed by atoms with E-state index in [1.165, 1.54) is 11.3 Å². The second-order valence-corrected chi connectivity index (χ2v) is 6.27. The van der Waals surface area contributed by atoms with E-state index in [1.807, 2.05) is 6.92 Å². The van der Waals surface area contributed by atoms with E-state index in [0.29, 0.717) is 23.1 Å². The van der Waals surface area contributed by atoms with Gasteiger partial charge in [-0.3, -0.25) is 4.21 Å². The molecule has 0 aliphatic heterocycles. The Hall–Kier alpha value is -0.950. The zero-order chi connectivity index (χ0) is 13.5. The molecule has 2 unspecified atom stereocenters. The Kier molecular flexibility index (Phi) is 6.28. The van der Waals surface area contributed by atoms with E-state index < -0.39 is 16.8 Å². The molecule has 0 saturated carbocycles. The van der Waals surface area contributed by atoms with Gasteiger partial charge in [-0.2, -0.15) is 0 Å². The quantitative estimate of drug-likeness (QED) is 0.777. The lowest BCUT2D eigenvalue weighted by Gasteiger charge is -2.13. The van der Waals surface area contributed by atoms with Gasteiger partial charge >= 0.3 is 5.97 Å². The van der Waals surface area contributed by atoms with Crippen LogP contribution in [-0.4, -0.2) is 39.8 Å². The molecule has 1 rings (SSSR count). The molecule has 0 spiro atoms. The maximum atomic E-state index is 11.6. The minimum Gasteiger partial charge on any atom is -0.461 e. The van der Waals surface area contributed by atoms with Crippen molar-refractivity contribution in [2.24, 2.45) is 0 Å². The minimum absolute atomic E-state index is 0.141. The topological polar surface area (TPSA) is 68.3 Å². The van der Waals surface area contributed by atoms with Crippen molar-refractivity contribution in [1.29, 1.82) is 0 Å². The Balaban J connectivity index is 2.59. The number of nitrogens with one attached hydrogen (secondary N) is 1. The van der Waals surface area contributed by atoms with Gasteiger partial charge in [0.1, 0.15) is 5.00 Å². The fraction of sp³-hybridized carbons (Fsp3) is 0.636. The van der Waals surface area contributed by atoms with Crippen LogP contribution in [0.3, 0.4) is 0 Å². The highest BCUT2D eigenvalue weighted by molar-refractivity contribution is 7.84. The largest absolute Gasteiger partial charge is 0.461 e. The van der Waals surface area contributed by atoms with Crippen LogP contribution in [0.2, 0.25) is 0 Å². The number of carbonyl (C=O) groups is 1. The van der Waals surface area contributed by atoms with Crippen molar-refractivity contribution in [3.8, 4) is 0 Å². The average Bonchev–Trinajstić information content (AvgIpc) is 2.75. The highest BCUT2D eigenvalue weighted by Crippen LogP contribution is 2.22. The van der Waals surface area contributed by atoms with Gasteiger partial charge in [-0.1, -0.05) is 0 Å². The number of thiazole rings is 1. The van der Waals surface area contributed by atoms with Gasteiger partial charge in [0.15, 0.2) is 5.69 Å². The summed E-state index contributed by atoms with van der Waals surface area (Å²) in [4.78, 5) is 15.6. The first-order valence-electron chi connectivity index (χ1n) is 5.71. The number of nitrogens with zero attached hydrogens (tertiary/aromatic N) is 1. The van der Waals surface area contributed by atoms with Crippen LogP contribution in [-0.2, 0) is 15.5 Å². The minimum atomic E-state index is -0.796. The predicted molar refractivity (Wildman–Crippen MR) is 74.7 cm³/mol. The summed E-state index contributed by atoms with van der Waals surface area (Å²) in [6.45, 7) is 4.08. The third-order valence-corrected chi connectivity index (χ3v) is 3.82. The van der Waals surface area contributed by atoms with Gasteiger partial charge in [0.05, 0.1) is 12.1 Å². The number of rotatable bonds is 7. The normalized spacial score (nSPS) is 13.9. The second-order valence-electron chi connectivity index (χ2n) is 3.86. The summed E-state index contributed by atoms with van der Waals surface area (Å²) < 4.78 is 15.9. The third kappa shape index (κ3) is 4.73. The lowest BCUT2D eigenvalue weighted by atomic mass is 10.2. The summed E-state index contributed by atoms with van der Waals surface area (Å²) in [7, 11) is -0.796. The van der Waals surface area contributed by atoms with Crippen molar-refractivity contribution in [3.05, 3.63) is 11.2 Å². The van der Waals surface area contributed by atoms with E-state index in [2.05, 4.69) is 10.3 Å². The molecule has 0 saturated heterocycles. The van der Waals surface area contributed by atoms with E-state index in [0.717, 1.165) is 6.42 Å². The fourth-order valence-corrected chi connectivity index (χ4v) is 2.80. The highest BCUT2D eigenvalue weighted by Gasteiger charge is 2.17. The molecule has 7 heteroatoms. The molecule has 0 fully saturated rings. The molecule has 2 atom stereocenters. The molecule has 0 aromatic carbocycles. The first-order valence-corrected chi connectivity index (χ1v) is 8.32. The van der Waals surface area contributed by atoms with Gasteiger partial charge in [-0.15, -0.1) is 11.3 Å². The molecular weight excluding hydrogens is 272 g/mol. The Morgan fingerprint density at radius 2 is 2.39 bits per heavy atom. The molecule has 18 heavy (non-hydrogen) atoms. The van der Waals surface area contributed by atoms with Gasteiger partial charge in [0.2, 0.25) is 0 Å². The van der Waals surface area contributed by atoms with Crippen molar-refractivity contribution in [2.45, 2.75) is 26.3 Å². The second kappa shape index (κ2) is 7.48. The highest BCUT2D eigenvalue weighted by atomic mass is 32.2. The van der Waals surface area contributed by atoms with Gasteiger partial charge in [0, 0.05) is 28.9 Å². The van der Waals surface area contributed by atoms with E-state index in [9.17, 15) is 9.00 Å². The number of hydrogen-bond acceptors (Lipinski definition) is 6. The lowest BCUT2D eigenvalue weighted by molar-refractivity contribution is 0.0521. The molecule has 1 aromatic rings. The van der Waals surface area contributed by atoms with Crippen molar-refractivity contribution in [3.63, 3.8) is 0 Å². The van der Waals surface area contributed by atoms with Crippen molar-refractivity contribution >= 4 is 33.1 Å². The maximum Gasteiger partial charge on any atom is 0.360 e. The van der Waals surface area contributed by atoms with Crippen LogP contribution in [0, 0.1) is 0 Å². The molecule has 102 valence electrons. The van der Waals surface area contributed by atoms with Crippen molar-refractivity contribution in [1.82, 2.24) is 4.98 Å². The van der Waals surface area contributed by atoms with Gasteiger partial charge < -0.3 is 10.1 Å². The summed E-state index contributed by atoms with van der Waals surface area (Å²) >= 11 is 1.37. The number of hydrogen-bond donors (Lipinski definition) is 1. The van der Waals surface area contributed by atoms with Crippen molar-refractivity contribution in [2.75, 3.05) is 23.9 Å². The van der Waals surface area contributed by atoms with E-state index in [-0.39, 0.29) is 6.04 Å². The van der Waals surface area contributed by atoms with Crippen LogP contribution >= 0.6 is 11.3 Å². The summed E-state index contributed by atoms with van der Waals surface area (Å²) in [5.74, 6) is 0.231. The van der Waals surface area contributed by atoms with Crippen LogP contribution in [0.5, 0.6) is 0 Å². The number of anilines is 1. The lowest BCUT2D eigenvalue weighted by Crippen LogP contribution is -2.19. The Bertz CT molecular complexity index is 420. The smallest absolute Gasteiger partial charge is 0.360 e. The SMILES string of the molecule is CCOC(=O)c1ncsc1NC(C)CCS(C)=O. The Labute approximate surface area is 113 Å². The Morgan fingerprint density at radius 3 is 3.00 bits per heavy atom. The molecule has 5 nitrogen and oxygen atoms in total. The zero-order valence-corrected chi connectivity index (χ0v) is 12.4. The molecule has 0 aliphatic carbocycles. The van der Waals surface area contributed by atoms with Crippen LogP contribution in [0.4, 0.5) is 5.00 Å². The van der Waals surface area contributed by atoms with Crippen LogP contribution < -0.4 is 5.32 Å². The fourth-order valence-electron chi connectivity index (χ4n) is 1.33. The molecule has 0 bridgehead atoms. The third-order valence-electron chi connectivity index (χ3n) is 2.25. The zero-order valence-electron chi connectivity index (χ0n) is 10.8. The number of esters is 1. The molecule has 0 aliphatic rings. The molecule has 0 radical (unpaired) electrons. The monoisotopic (exact) mass is 290 g/mol. The van der Waals surface area contributed by atoms with Gasteiger partial charge in [-0.25, -0.2) is 9.78 Å². The van der Waals surface area contributed by atoms with Gasteiger partial charge in [0.25, 0.3) is 0 Å².